The predicted octanol–water partition coefficient (Wildman–Crippen LogP) is 1.13. The van der Waals surface area contributed by atoms with Gasteiger partial charge in [0.05, 0.1) is 11.6 Å². The van der Waals surface area contributed by atoms with Gasteiger partial charge in [-0.3, -0.25) is 4.79 Å². The van der Waals surface area contributed by atoms with Crippen molar-refractivity contribution in [3.63, 3.8) is 0 Å². The highest BCUT2D eigenvalue weighted by molar-refractivity contribution is 5.87. The minimum Gasteiger partial charge on any atom is -0.478 e. The van der Waals surface area contributed by atoms with E-state index in [0.29, 0.717) is 13.0 Å². The van der Waals surface area contributed by atoms with E-state index < -0.39 is 12.0 Å². The number of carbonyl (C=O) groups excluding carboxylic acids is 1. The van der Waals surface area contributed by atoms with Gasteiger partial charge in [-0.25, -0.2) is 4.79 Å². The van der Waals surface area contributed by atoms with Crippen LogP contribution in [0.1, 0.15) is 35.7 Å². The number of rotatable bonds is 6. The third kappa shape index (κ3) is 4.18. The van der Waals surface area contributed by atoms with Crippen molar-refractivity contribution in [3.05, 3.63) is 35.4 Å². The van der Waals surface area contributed by atoms with Gasteiger partial charge in [0.1, 0.15) is 0 Å². The van der Waals surface area contributed by atoms with E-state index in [1.165, 1.54) is 12.1 Å². The zero-order valence-corrected chi connectivity index (χ0v) is 10.3. The lowest BCUT2D eigenvalue weighted by atomic mass is 10.1. The second-order valence-corrected chi connectivity index (χ2v) is 4.12. The Morgan fingerprint density at radius 1 is 1.33 bits per heavy atom. The molecule has 0 aliphatic heterocycles. The molecule has 98 valence electrons. The molecule has 4 N–H and O–H groups in total. The van der Waals surface area contributed by atoms with Crippen LogP contribution in [0.5, 0.6) is 0 Å². The molecule has 0 aromatic heterocycles. The van der Waals surface area contributed by atoms with Crippen LogP contribution in [-0.4, -0.2) is 23.0 Å². The molecule has 5 heteroatoms. The van der Waals surface area contributed by atoms with Crippen molar-refractivity contribution >= 4 is 11.9 Å². The number of aromatic carboxylic acids is 1. The van der Waals surface area contributed by atoms with E-state index in [0.717, 1.165) is 12.0 Å². The zero-order chi connectivity index (χ0) is 13.5. The number of carbonyl (C=O) groups is 2. The summed E-state index contributed by atoms with van der Waals surface area (Å²) in [5, 5.41) is 11.5. The molecular formula is C13H18N2O3. The number of amides is 1. The lowest BCUT2D eigenvalue weighted by Gasteiger charge is -2.11. The molecule has 18 heavy (non-hydrogen) atoms. The normalized spacial score (nSPS) is 11.9. The summed E-state index contributed by atoms with van der Waals surface area (Å²) in [6, 6.07) is 5.89. The van der Waals surface area contributed by atoms with Gasteiger partial charge in [-0.15, -0.1) is 0 Å². The summed E-state index contributed by atoms with van der Waals surface area (Å²) in [6.07, 6.45) is 1.52. The van der Waals surface area contributed by atoms with Crippen LogP contribution in [0.2, 0.25) is 0 Å². The predicted molar refractivity (Wildman–Crippen MR) is 68.1 cm³/mol. The number of nitrogens with two attached hydrogens (primary N) is 1. The molecule has 1 aromatic carbocycles. The Hall–Kier alpha value is -1.88. The van der Waals surface area contributed by atoms with Crippen molar-refractivity contribution in [1.82, 2.24) is 5.32 Å². The van der Waals surface area contributed by atoms with Crippen molar-refractivity contribution in [2.75, 3.05) is 0 Å². The van der Waals surface area contributed by atoms with E-state index in [1.807, 2.05) is 6.92 Å². The largest absolute Gasteiger partial charge is 0.478 e. The Bertz CT molecular complexity index is 415. The summed E-state index contributed by atoms with van der Waals surface area (Å²) in [5.41, 5.74) is 6.74. The maximum Gasteiger partial charge on any atom is 0.335 e. The lowest BCUT2D eigenvalue weighted by Crippen LogP contribution is -2.40. The molecule has 5 nitrogen and oxygen atoms in total. The molecule has 0 heterocycles. The molecule has 1 atom stereocenters. The van der Waals surface area contributed by atoms with Crippen molar-refractivity contribution < 1.29 is 14.7 Å². The van der Waals surface area contributed by atoms with Gasteiger partial charge in [-0.05, 0) is 24.1 Å². The molecule has 1 unspecified atom stereocenters. The molecule has 1 rings (SSSR count). The van der Waals surface area contributed by atoms with E-state index in [4.69, 9.17) is 10.8 Å². The number of benzene rings is 1. The van der Waals surface area contributed by atoms with E-state index in [9.17, 15) is 9.59 Å². The minimum absolute atomic E-state index is 0.181. The van der Waals surface area contributed by atoms with Crippen molar-refractivity contribution in [2.45, 2.75) is 32.4 Å². The fourth-order valence-electron chi connectivity index (χ4n) is 1.53. The monoisotopic (exact) mass is 250 g/mol. The first-order valence-corrected chi connectivity index (χ1v) is 5.90. The Morgan fingerprint density at radius 3 is 2.44 bits per heavy atom. The van der Waals surface area contributed by atoms with Gasteiger partial charge < -0.3 is 16.2 Å². The topological polar surface area (TPSA) is 92.4 Å². The average molecular weight is 250 g/mol. The third-order valence-electron chi connectivity index (χ3n) is 2.60. The Balaban J connectivity index is 2.48. The summed E-state index contributed by atoms with van der Waals surface area (Å²) in [6.45, 7) is 2.33. The molecular weight excluding hydrogens is 232 g/mol. The van der Waals surface area contributed by atoms with Gasteiger partial charge in [0.2, 0.25) is 5.91 Å². The summed E-state index contributed by atoms with van der Waals surface area (Å²) < 4.78 is 0. The first-order valence-electron chi connectivity index (χ1n) is 5.90. The zero-order valence-electron chi connectivity index (χ0n) is 10.3. The van der Waals surface area contributed by atoms with Gasteiger partial charge in [-0.2, -0.15) is 0 Å². The van der Waals surface area contributed by atoms with Crippen LogP contribution in [0.4, 0.5) is 0 Å². The number of hydrogen-bond donors (Lipinski definition) is 3. The summed E-state index contributed by atoms with van der Waals surface area (Å²) in [4.78, 5) is 22.2. The SMILES string of the molecule is CCCC(N)C(=O)NCc1ccc(C(=O)O)cc1. The molecule has 0 spiro atoms. The molecule has 0 radical (unpaired) electrons. The van der Waals surface area contributed by atoms with Crippen molar-refractivity contribution in [1.29, 1.82) is 0 Å². The first-order chi connectivity index (χ1) is 8.54. The van der Waals surface area contributed by atoms with E-state index in [2.05, 4.69) is 5.32 Å². The van der Waals surface area contributed by atoms with Crippen LogP contribution < -0.4 is 11.1 Å². The molecule has 0 aliphatic rings. The smallest absolute Gasteiger partial charge is 0.335 e. The molecule has 0 bridgehead atoms. The van der Waals surface area contributed by atoms with Gasteiger partial charge in [0, 0.05) is 6.54 Å². The van der Waals surface area contributed by atoms with Crippen LogP contribution >= 0.6 is 0 Å². The summed E-state index contributed by atoms with van der Waals surface area (Å²) >= 11 is 0. The number of hydrogen-bond acceptors (Lipinski definition) is 3. The van der Waals surface area contributed by atoms with Gasteiger partial charge in [0.15, 0.2) is 0 Å². The number of nitrogens with one attached hydrogen (secondary N) is 1. The molecule has 0 saturated carbocycles. The van der Waals surface area contributed by atoms with E-state index >= 15 is 0 Å². The summed E-state index contributed by atoms with van der Waals surface area (Å²) in [5.74, 6) is -1.14. The first kappa shape index (κ1) is 14.2. The standard InChI is InChI=1S/C13H18N2O3/c1-2-3-11(14)12(16)15-8-9-4-6-10(7-5-9)13(17)18/h4-7,11H,2-3,8,14H2,1H3,(H,15,16)(H,17,18). The number of carboxylic acid groups (broad SMARTS) is 1. The maximum absolute atomic E-state index is 11.6. The van der Waals surface area contributed by atoms with Gasteiger partial charge >= 0.3 is 5.97 Å². The average Bonchev–Trinajstić information content (AvgIpc) is 2.36. The molecule has 0 aliphatic carbocycles. The second-order valence-electron chi connectivity index (χ2n) is 4.12. The van der Waals surface area contributed by atoms with E-state index in [-0.39, 0.29) is 11.5 Å². The van der Waals surface area contributed by atoms with Gasteiger partial charge in [0.25, 0.3) is 0 Å². The second kappa shape index (κ2) is 6.76. The molecule has 1 aromatic rings. The number of carboxylic acids is 1. The Morgan fingerprint density at radius 2 is 1.94 bits per heavy atom. The highest BCUT2D eigenvalue weighted by Gasteiger charge is 2.11. The maximum atomic E-state index is 11.6. The molecule has 0 saturated heterocycles. The van der Waals surface area contributed by atoms with E-state index in [1.54, 1.807) is 12.1 Å². The molecule has 0 fully saturated rings. The fraction of sp³-hybridized carbons (Fsp3) is 0.385. The van der Waals surface area contributed by atoms with Crippen LogP contribution in [0.25, 0.3) is 0 Å². The fourth-order valence-corrected chi connectivity index (χ4v) is 1.53. The Kier molecular flexibility index (Phi) is 5.32. The summed E-state index contributed by atoms with van der Waals surface area (Å²) in [7, 11) is 0. The van der Waals surface area contributed by atoms with Crippen molar-refractivity contribution in [2.24, 2.45) is 5.73 Å². The molecule has 1 amide bonds. The van der Waals surface area contributed by atoms with Crippen LogP contribution in [0.3, 0.4) is 0 Å². The third-order valence-corrected chi connectivity index (χ3v) is 2.60. The quantitative estimate of drug-likeness (QED) is 0.705. The van der Waals surface area contributed by atoms with Crippen molar-refractivity contribution in [3.8, 4) is 0 Å². The van der Waals surface area contributed by atoms with Gasteiger partial charge in [-0.1, -0.05) is 25.5 Å². The highest BCUT2D eigenvalue weighted by atomic mass is 16.4. The van der Waals surface area contributed by atoms with Crippen LogP contribution in [-0.2, 0) is 11.3 Å². The Labute approximate surface area is 106 Å². The highest BCUT2D eigenvalue weighted by Crippen LogP contribution is 2.04. The minimum atomic E-state index is -0.962. The lowest BCUT2D eigenvalue weighted by molar-refractivity contribution is -0.122. The van der Waals surface area contributed by atoms with Crippen LogP contribution in [0, 0.1) is 0 Å². The van der Waals surface area contributed by atoms with Crippen LogP contribution in [0.15, 0.2) is 24.3 Å².